The SMILES string of the molecule is O=[N+]([O-])C1NNNN1. The molecule has 1 fully saturated rings. The number of nitro groups is 1. The van der Waals surface area contributed by atoms with Crippen molar-refractivity contribution < 1.29 is 4.92 Å². The van der Waals surface area contributed by atoms with E-state index in [1.54, 1.807) is 0 Å². The highest BCUT2D eigenvalue weighted by molar-refractivity contribution is 4.45. The molecule has 1 aliphatic heterocycles. The molecule has 7 heteroatoms. The summed E-state index contributed by atoms with van der Waals surface area (Å²) in [6.45, 7) is 0. The van der Waals surface area contributed by atoms with Crippen molar-refractivity contribution in [2.75, 3.05) is 0 Å². The molecule has 0 aromatic rings. The van der Waals surface area contributed by atoms with Crippen LogP contribution in [0.2, 0.25) is 0 Å². The van der Waals surface area contributed by atoms with Gasteiger partial charge in [-0.15, -0.1) is 0 Å². The summed E-state index contributed by atoms with van der Waals surface area (Å²) in [5, 5.41) is 9.80. The van der Waals surface area contributed by atoms with E-state index in [0.717, 1.165) is 0 Å². The fourth-order valence-electron chi connectivity index (χ4n) is 0.350. The standard InChI is InChI=1S/CH5N5O2/c7-6(8)1-2-4-5-3-1/h1-5H. The van der Waals surface area contributed by atoms with Crippen molar-refractivity contribution in [1.29, 1.82) is 0 Å². The Bertz CT molecular complexity index is 96.6. The van der Waals surface area contributed by atoms with Crippen LogP contribution < -0.4 is 21.9 Å². The van der Waals surface area contributed by atoms with Crippen LogP contribution in [0.5, 0.6) is 0 Å². The smallest absolute Gasteiger partial charge is 0.261 e. The van der Waals surface area contributed by atoms with Crippen molar-refractivity contribution >= 4 is 0 Å². The molecule has 0 radical (unpaired) electrons. The lowest BCUT2D eigenvalue weighted by Gasteiger charge is -1.95. The Labute approximate surface area is 44.5 Å². The number of rotatable bonds is 1. The maximum atomic E-state index is 9.80. The highest BCUT2D eigenvalue weighted by Gasteiger charge is 2.21. The molecule has 1 heterocycles. The zero-order valence-electron chi connectivity index (χ0n) is 3.84. The average molecular weight is 119 g/mol. The number of nitrogens with zero attached hydrogens (tertiary/aromatic N) is 1. The first-order valence-electron chi connectivity index (χ1n) is 1.95. The second-order valence-corrected chi connectivity index (χ2v) is 1.23. The van der Waals surface area contributed by atoms with E-state index in [-0.39, 0.29) is 0 Å². The molecule has 4 N–H and O–H groups in total. The van der Waals surface area contributed by atoms with Crippen LogP contribution in [-0.4, -0.2) is 11.2 Å². The van der Waals surface area contributed by atoms with Crippen LogP contribution in [0.1, 0.15) is 0 Å². The van der Waals surface area contributed by atoms with Crippen molar-refractivity contribution in [2.24, 2.45) is 0 Å². The molecule has 0 bridgehead atoms. The van der Waals surface area contributed by atoms with E-state index in [1.807, 2.05) is 0 Å². The van der Waals surface area contributed by atoms with Crippen LogP contribution in [0.3, 0.4) is 0 Å². The minimum atomic E-state index is -0.935. The summed E-state index contributed by atoms with van der Waals surface area (Å²) in [4.78, 5) is 9.30. The van der Waals surface area contributed by atoms with Gasteiger partial charge in [0.15, 0.2) is 0 Å². The van der Waals surface area contributed by atoms with Crippen LogP contribution in [0.25, 0.3) is 0 Å². The molecule has 1 saturated heterocycles. The molecule has 0 atom stereocenters. The van der Waals surface area contributed by atoms with Crippen molar-refractivity contribution in [3.63, 3.8) is 0 Å². The Balaban J connectivity index is 2.35. The molecule has 1 aliphatic rings. The zero-order chi connectivity index (χ0) is 5.98. The summed E-state index contributed by atoms with van der Waals surface area (Å²) in [7, 11) is 0. The maximum absolute atomic E-state index is 9.80. The van der Waals surface area contributed by atoms with Gasteiger partial charge in [-0.05, 0) is 0 Å². The normalized spacial score (nSPS) is 21.5. The number of nitrogens with one attached hydrogen (secondary N) is 4. The molecule has 46 valence electrons. The van der Waals surface area contributed by atoms with Crippen LogP contribution in [-0.2, 0) is 0 Å². The van der Waals surface area contributed by atoms with Gasteiger partial charge in [0.05, 0.1) is 4.92 Å². The molecule has 0 spiro atoms. The van der Waals surface area contributed by atoms with E-state index in [2.05, 4.69) is 21.9 Å². The third kappa shape index (κ3) is 0.898. The highest BCUT2D eigenvalue weighted by Crippen LogP contribution is 1.75. The monoisotopic (exact) mass is 119 g/mol. The van der Waals surface area contributed by atoms with Crippen molar-refractivity contribution in [1.82, 2.24) is 21.9 Å². The minimum absolute atomic E-state index is 0.507. The van der Waals surface area contributed by atoms with Gasteiger partial charge in [0.25, 0.3) is 0 Å². The van der Waals surface area contributed by atoms with E-state index in [0.29, 0.717) is 0 Å². The molecular formula is CH5N5O2. The summed E-state index contributed by atoms with van der Waals surface area (Å²) in [5.41, 5.74) is 9.17. The van der Waals surface area contributed by atoms with E-state index in [9.17, 15) is 10.1 Å². The first-order chi connectivity index (χ1) is 3.80. The van der Waals surface area contributed by atoms with Crippen molar-refractivity contribution in [3.05, 3.63) is 10.1 Å². The van der Waals surface area contributed by atoms with E-state index in [4.69, 9.17) is 0 Å². The summed E-state index contributed by atoms with van der Waals surface area (Å²) in [6, 6.07) is 0. The third-order valence-electron chi connectivity index (χ3n) is 0.691. The maximum Gasteiger partial charge on any atom is 0.349 e. The summed E-state index contributed by atoms with van der Waals surface area (Å²) in [6.07, 6.45) is -0.935. The van der Waals surface area contributed by atoms with Gasteiger partial charge in [-0.1, -0.05) is 0 Å². The Morgan fingerprint density at radius 1 is 1.38 bits per heavy atom. The van der Waals surface area contributed by atoms with Gasteiger partial charge in [-0.25, -0.2) is 0 Å². The van der Waals surface area contributed by atoms with Gasteiger partial charge in [0, 0.05) is 0 Å². The number of hydrogen-bond donors (Lipinski definition) is 4. The molecular weight excluding hydrogens is 114 g/mol. The van der Waals surface area contributed by atoms with Crippen LogP contribution >= 0.6 is 0 Å². The van der Waals surface area contributed by atoms with Crippen LogP contribution in [0.4, 0.5) is 0 Å². The second kappa shape index (κ2) is 2.01. The largest absolute Gasteiger partial charge is 0.349 e. The van der Waals surface area contributed by atoms with Crippen molar-refractivity contribution in [3.8, 4) is 0 Å². The number of hydrogen-bond acceptors (Lipinski definition) is 6. The number of hydrazine groups is 3. The molecule has 7 nitrogen and oxygen atoms in total. The third-order valence-corrected chi connectivity index (χ3v) is 0.691. The molecule has 0 amide bonds. The van der Waals surface area contributed by atoms with E-state index < -0.39 is 11.2 Å². The lowest BCUT2D eigenvalue weighted by atomic mass is 10.9. The molecule has 0 aliphatic carbocycles. The average Bonchev–Trinajstić information content (AvgIpc) is 2.12. The Hall–Kier alpha value is -0.760. The van der Waals surface area contributed by atoms with Crippen LogP contribution in [0.15, 0.2) is 0 Å². The topological polar surface area (TPSA) is 91.3 Å². The van der Waals surface area contributed by atoms with Gasteiger partial charge < -0.3 is 0 Å². The lowest BCUT2D eigenvalue weighted by molar-refractivity contribution is -0.533. The summed E-state index contributed by atoms with van der Waals surface area (Å²) >= 11 is 0. The Morgan fingerprint density at radius 3 is 2.12 bits per heavy atom. The fourth-order valence-corrected chi connectivity index (χ4v) is 0.350. The lowest BCUT2D eigenvalue weighted by Crippen LogP contribution is -2.40. The molecule has 0 unspecified atom stereocenters. The van der Waals surface area contributed by atoms with Crippen LogP contribution in [0, 0.1) is 10.1 Å². The fraction of sp³-hybridized carbons (Fsp3) is 1.00. The van der Waals surface area contributed by atoms with E-state index in [1.165, 1.54) is 0 Å². The minimum Gasteiger partial charge on any atom is -0.261 e. The predicted octanol–water partition coefficient (Wildman–Crippen LogP) is -2.34. The first-order valence-corrected chi connectivity index (χ1v) is 1.95. The summed E-state index contributed by atoms with van der Waals surface area (Å²) in [5.74, 6) is 0. The highest BCUT2D eigenvalue weighted by atomic mass is 16.6. The van der Waals surface area contributed by atoms with Gasteiger partial charge in [0.2, 0.25) is 0 Å². The Kier molecular flexibility index (Phi) is 1.35. The summed E-state index contributed by atoms with van der Waals surface area (Å²) < 4.78 is 0. The Morgan fingerprint density at radius 2 is 1.88 bits per heavy atom. The van der Waals surface area contributed by atoms with Gasteiger partial charge in [-0.2, -0.15) is 21.9 Å². The second-order valence-electron chi connectivity index (χ2n) is 1.23. The van der Waals surface area contributed by atoms with Crippen molar-refractivity contribution in [2.45, 2.75) is 6.29 Å². The predicted molar refractivity (Wildman–Crippen MR) is 23.3 cm³/mol. The molecule has 1 rings (SSSR count). The molecule has 0 saturated carbocycles. The molecule has 8 heavy (non-hydrogen) atoms. The molecule has 0 aromatic heterocycles. The first kappa shape index (κ1) is 5.38. The van der Waals surface area contributed by atoms with E-state index >= 15 is 0 Å². The zero-order valence-corrected chi connectivity index (χ0v) is 3.84. The molecule has 0 aromatic carbocycles. The van der Waals surface area contributed by atoms with Gasteiger partial charge in [0.1, 0.15) is 0 Å². The quantitative estimate of drug-likeness (QED) is 0.228. The van der Waals surface area contributed by atoms with Gasteiger partial charge in [-0.3, -0.25) is 10.1 Å². The van der Waals surface area contributed by atoms with Gasteiger partial charge >= 0.3 is 6.29 Å².